The summed E-state index contributed by atoms with van der Waals surface area (Å²) in [6.45, 7) is 8.10. The van der Waals surface area contributed by atoms with Gasteiger partial charge in [-0.25, -0.2) is 8.78 Å². The minimum atomic E-state index is -2.42. The first-order valence-corrected chi connectivity index (χ1v) is 5.14. The molecule has 0 bridgehead atoms. The quantitative estimate of drug-likeness (QED) is 0.699. The molecule has 1 fully saturated rings. The summed E-state index contributed by atoms with van der Waals surface area (Å²) in [4.78, 5) is 0. The maximum absolute atomic E-state index is 12.9. The fourth-order valence-corrected chi connectivity index (χ4v) is 3.42. The third-order valence-corrected chi connectivity index (χ3v) is 3.01. The molecule has 0 aromatic heterocycles. The molecule has 0 aromatic rings. The molecule has 0 aromatic carbocycles. The van der Waals surface area contributed by atoms with Crippen LogP contribution >= 0.6 is 0 Å². The second-order valence-electron chi connectivity index (χ2n) is 6.39. The standard InChI is InChI=1S/C11H21F2N/c1-9(2)5-10(3,4)7-11(14,6-9)8(12)13/h8H,5-7,14H2,1-4H3. The maximum atomic E-state index is 12.9. The first-order valence-electron chi connectivity index (χ1n) is 5.14. The number of hydrogen-bond donors (Lipinski definition) is 1. The molecule has 0 amide bonds. The van der Waals surface area contributed by atoms with E-state index in [2.05, 4.69) is 0 Å². The van der Waals surface area contributed by atoms with Gasteiger partial charge in [0.2, 0.25) is 0 Å². The Morgan fingerprint density at radius 3 is 1.57 bits per heavy atom. The summed E-state index contributed by atoms with van der Waals surface area (Å²) in [5.74, 6) is 0. The van der Waals surface area contributed by atoms with Crippen LogP contribution in [0.15, 0.2) is 0 Å². The molecule has 1 aliphatic rings. The van der Waals surface area contributed by atoms with Crippen LogP contribution in [0.4, 0.5) is 8.78 Å². The van der Waals surface area contributed by atoms with Crippen LogP contribution in [0, 0.1) is 10.8 Å². The van der Waals surface area contributed by atoms with Crippen molar-refractivity contribution < 1.29 is 8.78 Å². The van der Waals surface area contributed by atoms with E-state index in [-0.39, 0.29) is 10.8 Å². The van der Waals surface area contributed by atoms with Crippen molar-refractivity contribution in [3.8, 4) is 0 Å². The lowest BCUT2D eigenvalue weighted by atomic mass is 9.59. The van der Waals surface area contributed by atoms with Gasteiger partial charge in [-0.05, 0) is 30.1 Å². The van der Waals surface area contributed by atoms with Crippen LogP contribution in [0.5, 0.6) is 0 Å². The zero-order valence-electron chi connectivity index (χ0n) is 9.53. The van der Waals surface area contributed by atoms with Gasteiger partial charge in [0.05, 0.1) is 5.54 Å². The predicted octanol–water partition coefficient (Wildman–Crippen LogP) is 3.19. The average molecular weight is 205 g/mol. The lowest BCUT2D eigenvalue weighted by Gasteiger charge is -2.49. The number of nitrogens with two attached hydrogens (primary N) is 1. The Hall–Kier alpha value is -0.180. The van der Waals surface area contributed by atoms with Gasteiger partial charge < -0.3 is 5.73 Å². The molecule has 1 rings (SSSR count). The average Bonchev–Trinajstić information content (AvgIpc) is 1.76. The van der Waals surface area contributed by atoms with Gasteiger partial charge in [0, 0.05) is 0 Å². The molecule has 0 heterocycles. The monoisotopic (exact) mass is 205 g/mol. The van der Waals surface area contributed by atoms with Crippen molar-refractivity contribution in [1.29, 1.82) is 0 Å². The van der Waals surface area contributed by atoms with E-state index in [9.17, 15) is 8.78 Å². The van der Waals surface area contributed by atoms with Gasteiger partial charge in [0.1, 0.15) is 0 Å². The fourth-order valence-electron chi connectivity index (χ4n) is 3.42. The Morgan fingerprint density at radius 2 is 1.29 bits per heavy atom. The van der Waals surface area contributed by atoms with Crippen molar-refractivity contribution in [1.82, 2.24) is 0 Å². The first-order chi connectivity index (χ1) is 6.06. The molecule has 2 N–H and O–H groups in total. The Labute approximate surface area is 85.1 Å². The highest BCUT2D eigenvalue weighted by Crippen LogP contribution is 2.50. The van der Waals surface area contributed by atoms with E-state index < -0.39 is 12.0 Å². The van der Waals surface area contributed by atoms with Crippen LogP contribution in [0.3, 0.4) is 0 Å². The van der Waals surface area contributed by atoms with Gasteiger partial charge in [-0.2, -0.15) is 0 Å². The molecule has 3 heteroatoms. The fraction of sp³-hybridized carbons (Fsp3) is 1.00. The lowest BCUT2D eigenvalue weighted by molar-refractivity contribution is -0.0437. The minimum Gasteiger partial charge on any atom is -0.320 e. The van der Waals surface area contributed by atoms with E-state index >= 15 is 0 Å². The third-order valence-electron chi connectivity index (χ3n) is 3.01. The molecular weight excluding hydrogens is 184 g/mol. The Kier molecular flexibility index (Phi) is 2.68. The van der Waals surface area contributed by atoms with E-state index in [4.69, 9.17) is 5.73 Å². The summed E-state index contributed by atoms with van der Waals surface area (Å²) in [5.41, 5.74) is 4.36. The van der Waals surface area contributed by atoms with E-state index in [1.807, 2.05) is 27.7 Å². The molecule has 1 nitrogen and oxygen atoms in total. The molecule has 0 atom stereocenters. The molecule has 0 spiro atoms. The second kappa shape index (κ2) is 3.16. The van der Waals surface area contributed by atoms with Crippen LogP contribution in [0.2, 0.25) is 0 Å². The molecule has 84 valence electrons. The summed E-state index contributed by atoms with van der Waals surface area (Å²) in [6.07, 6.45) is -0.616. The summed E-state index contributed by atoms with van der Waals surface area (Å²) in [6, 6.07) is 0. The highest BCUT2D eigenvalue weighted by Gasteiger charge is 2.49. The van der Waals surface area contributed by atoms with Crippen molar-refractivity contribution in [2.75, 3.05) is 0 Å². The number of hydrogen-bond acceptors (Lipinski definition) is 1. The predicted molar refractivity (Wildman–Crippen MR) is 54.3 cm³/mol. The maximum Gasteiger partial charge on any atom is 0.256 e. The van der Waals surface area contributed by atoms with E-state index in [0.717, 1.165) is 6.42 Å². The zero-order valence-corrected chi connectivity index (χ0v) is 9.53. The first kappa shape index (κ1) is 11.9. The van der Waals surface area contributed by atoms with Crippen LogP contribution in [0.25, 0.3) is 0 Å². The Balaban J connectivity index is 2.92. The van der Waals surface area contributed by atoms with Crippen molar-refractivity contribution in [3.63, 3.8) is 0 Å². The van der Waals surface area contributed by atoms with Crippen molar-refractivity contribution in [2.24, 2.45) is 16.6 Å². The van der Waals surface area contributed by atoms with E-state index in [1.54, 1.807) is 0 Å². The van der Waals surface area contributed by atoms with Crippen molar-refractivity contribution in [3.05, 3.63) is 0 Å². The summed E-state index contributed by atoms with van der Waals surface area (Å²) in [7, 11) is 0. The molecule has 0 saturated heterocycles. The molecule has 1 saturated carbocycles. The van der Waals surface area contributed by atoms with Crippen molar-refractivity contribution >= 4 is 0 Å². The molecule has 0 unspecified atom stereocenters. The van der Waals surface area contributed by atoms with Gasteiger partial charge in [0.15, 0.2) is 0 Å². The van der Waals surface area contributed by atoms with Gasteiger partial charge >= 0.3 is 0 Å². The smallest absolute Gasteiger partial charge is 0.256 e. The zero-order chi connectivity index (χ0) is 11.2. The normalized spacial score (nSPS) is 29.1. The van der Waals surface area contributed by atoms with Crippen molar-refractivity contribution in [2.45, 2.75) is 58.9 Å². The molecule has 0 aliphatic heterocycles. The molecular formula is C11H21F2N. The van der Waals surface area contributed by atoms with Gasteiger partial charge in [-0.3, -0.25) is 0 Å². The van der Waals surface area contributed by atoms with Gasteiger partial charge in [-0.15, -0.1) is 0 Å². The minimum absolute atomic E-state index is 0.0765. The molecule has 1 aliphatic carbocycles. The van der Waals surface area contributed by atoms with Crippen LogP contribution < -0.4 is 5.73 Å². The highest BCUT2D eigenvalue weighted by molar-refractivity contribution is 5.02. The molecule has 0 radical (unpaired) electrons. The second-order valence-corrected chi connectivity index (χ2v) is 6.39. The van der Waals surface area contributed by atoms with E-state index in [1.165, 1.54) is 0 Å². The van der Waals surface area contributed by atoms with Gasteiger partial charge in [0.25, 0.3) is 6.43 Å². The number of halogens is 2. The third kappa shape index (κ3) is 2.44. The lowest BCUT2D eigenvalue weighted by Crippen LogP contribution is -2.56. The SMILES string of the molecule is CC1(C)CC(C)(C)CC(N)(C(F)F)C1. The number of rotatable bonds is 1. The molecule has 14 heavy (non-hydrogen) atoms. The largest absolute Gasteiger partial charge is 0.320 e. The van der Waals surface area contributed by atoms with Crippen LogP contribution in [-0.2, 0) is 0 Å². The van der Waals surface area contributed by atoms with Crippen LogP contribution in [-0.4, -0.2) is 12.0 Å². The van der Waals surface area contributed by atoms with E-state index in [0.29, 0.717) is 12.8 Å². The van der Waals surface area contributed by atoms with Crippen LogP contribution in [0.1, 0.15) is 47.0 Å². The highest BCUT2D eigenvalue weighted by atomic mass is 19.3. The topological polar surface area (TPSA) is 26.0 Å². The Morgan fingerprint density at radius 1 is 0.929 bits per heavy atom. The number of alkyl halides is 2. The summed E-state index contributed by atoms with van der Waals surface area (Å²) >= 11 is 0. The van der Waals surface area contributed by atoms with Gasteiger partial charge in [-0.1, -0.05) is 27.7 Å². The summed E-state index contributed by atoms with van der Waals surface area (Å²) < 4.78 is 25.7. The Bertz CT molecular complexity index is 205. The summed E-state index contributed by atoms with van der Waals surface area (Å²) in [5, 5.41) is 0.